The van der Waals surface area contributed by atoms with Gasteiger partial charge in [-0.2, -0.15) is 0 Å². The van der Waals surface area contributed by atoms with Crippen LogP contribution in [0.4, 0.5) is 0 Å². The molecule has 0 atom stereocenters. The normalized spacial score (nSPS) is 17.7. The van der Waals surface area contributed by atoms with Crippen LogP contribution in [-0.2, 0) is 4.79 Å². The standard InChI is InChI=1S/C12H25N3O/c1-11(2)13-8-6-7-12(16)14-15-9-4-3-5-10-15/h11,13H,3-10H2,1-2H3,(H,14,16). The quantitative estimate of drug-likeness (QED) is 0.672. The van der Waals surface area contributed by atoms with Crippen LogP contribution < -0.4 is 10.7 Å². The van der Waals surface area contributed by atoms with Crippen molar-refractivity contribution < 1.29 is 4.79 Å². The molecule has 0 spiro atoms. The molecular weight excluding hydrogens is 202 g/mol. The van der Waals surface area contributed by atoms with Crippen molar-refractivity contribution >= 4 is 5.91 Å². The SMILES string of the molecule is CC(C)NCCCC(=O)NN1CCCCC1. The molecule has 1 heterocycles. The van der Waals surface area contributed by atoms with Gasteiger partial charge in [0.2, 0.25) is 5.91 Å². The van der Waals surface area contributed by atoms with Crippen LogP contribution in [0.5, 0.6) is 0 Å². The summed E-state index contributed by atoms with van der Waals surface area (Å²) in [5, 5.41) is 5.37. The first-order valence-corrected chi connectivity index (χ1v) is 6.46. The predicted molar refractivity (Wildman–Crippen MR) is 65.9 cm³/mol. The van der Waals surface area contributed by atoms with Crippen molar-refractivity contribution in [2.24, 2.45) is 0 Å². The van der Waals surface area contributed by atoms with Crippen molar-refractivity contribution in [2.75, 3.05) is 19.6 Å². The fraction of sp³-hybridized carbons (Fsp3) is 0.917. The van der Waals surface area contributed by atoms with Crippen LogP contribution >= 0.6 is 0 Å². The summed E-state index contributed by atoms with van der Waals surface area (Å²) >= 11 is 0. The molecule has 0 aromatic carbocycles. The highest BCUT2D eigenvalue weighted by molar-refractivity contribution is 5.75. The van der Waals surface area contributed by atoms with Gasteiger partial charge in [0, 0.05) is 25.6 Å². The number of carbonyl (C=O) groups excluding carboxylic acids is 1. The van der Waals surface area contributed by atoms with Gasteiger partial charge >= 0.3 is 0 Å². The van der Waals surface area contributed by atoms with E-state index in [0.29, 0.717) is 12.5 Å². The monoisotopic (exact) mass is 227 g/mol. The van der Waals surface area contributed by atoms with Gasteiger partial charge in [-0.25, -0.2) is 5.01 Å². The summed E-state index contributed by atoms with van der Waals surface area (Å²) in [5.74, 6) is 0.160. The first kappa shape index (κ1) is 13.5. The molecule has 16 heavy (non-hydrogen) atoms. The number of nitrogens with one attached hydrogen (secondary N) is 2. The Morgan fingerprint density at radius 2 is 1.94 bits per heavy atom. The molecule has 0 saturated carbocycles. The number of rotatable bonds is 6. The Morgan fingerprint density at radius 1 is 1.25 bits per heavy atom. The van der Waals surface area contributed by atoms with Gasteiger partial charge in [0.1, 0.15) is 0 Å². The summed E-state index contributed by atoms with van der Waals surface area (Å²) in [5.41, 5.74) is 2.97. The van der Waals surface area contributed by atoms with Crippen molar-refractivity contribution in [1.82, 2.24) is 15.8 Å². The van der Waals surface area contributed by atoms with Crippen molar-refractivity contribution in [1.29, 1.82) is 0 Å². The topological polar surface area (TPSA) is 44.4 Å². The van der Waals surface area contributed by atoms with Crippen LogP contribution in [0.25, 0.3) is 0 Å². The molecule has 4 heteroatoms. The van der Waals surface area contributed by atoms with Gasteiger partial charge < -0.3 is 5.32 Å². The molecule has 1 fully saturated rings. The Kier molecular flexibility index (Phi) is 6.42. The fourth-order valence-corrected chi connectivity index (χ4v) is 1.88. The second-order valence-electron chi connectivity index (χ2n) is 4.80. The minimum atomic E-state index is 0.160. The smallest absolute Gasteiger partial charge is 0.234 e. The van der Waals surface area contributed by atoms with Gasteiger partial charge in [0.15, 0.2) is 0 Å². The van der Waals surface area contributed by atoms with E-state index in [1.807, 2.05) is 0 Å². The lowest BCUT2D eigenvalue weighted by Gasteiger charge is -2.26. The van der Waals surface area contributed by atoms with Crippen LogP contribution in [-0.4, -0.2) is 36.6 Å². The third-order valence-corrected chi connectivity index (χ3v) is 2.77. The van der Waals surface area contributed by atoms with E-state index in [9.17, 15) is 4.79 Å². The Balaban J connectivity index is 2.01. The number of nitrogens with zero attached hydrogens (tertiary/aromatic N) is 1. The maximum atomic E-state index is 11.6. The second-order valence-corrected chi connectivity index (χ2v) is 4.80. The maximum Gasteiger partial charge on any atom is 0.234 e. The molecule has 1 rings (SSSR count). The summed E-state index contributed by atoms with van der Waals surface area (Å²) in [6.07, 6.45) is 5.24. The molecule has 0 aromatic rings. The highest BCUT2D eigenvalue weighted by Gasteiger charge is 2.11. The van der Waals surface area contributed by atoms with E-state index in [1.54, 1.807) is 0 Å². The molecule has 1 aliphatic heterocycles. The second kappa shape index (κ2) is 7.63. The largest absolute Gasteiger partial charge is 0.315 e. The lowest BCUT2D eigenvalue weighted by Crippen LogP contribution is -2.45. The third-order valence-electron chi connectivity index (χ3n) is 2.77. The number of piperidine rings is 1. The van der Waals surface area contributed by atoms with Crippen molar-refractivity contribution in [3.05, 3.63) is 0 Å². The van der Waals surface area contributed by atoms with Crippen LogP contribution in [0.15, 0.2) is 0 Å². The highest BCUT2D eigenvalue weighted by atomic mass is 16.2. The zero-order valence-electron chi connectivity index (χ0n) is 10.6. The van der Waals surface area contributed by atoms with Gasteiger partial charge in [-0.05, 0) is 25.8 Å². The van der Waals surface area contributed by atoms with Crippen LogP contribution in [0.1, 0.15) is 46.0 Å². The van der Waals surface area contributed by atoms with E-state index in [-0.39, 0.29) is 5.91 Å². The first-order chi connectivity index (χ1) is 7.68. The molecule has 0 aromatic heterocycles. The number of amides is 1. The van der Waals surface area contributed by atoms with E-state index < -0.39 is 0 Å². The minimum Gasteiger partial charge on any atom is -0.315 e. The summed E-state index contributed by atoms with van der Waals surface area (Å²) in [6, 6.07) is 0.505. The molecule has 2 N–H and O–H groups in total. The number of carbonyl (C=O) groups is 1. The third kappa shape index (κ3) is 6.08. The van der Waals surface area contributed by atoms with E-state index in [2.05, 4.69) is 29.6 Å². The van der Waals surface area contributed by atoms with Crippen molar-refractivity contribution in [3.8, 4) is 0 Å². The molecule has 1 aliphatic rings. The van der Waals surface area contributed by atoms with Crippen LogP contribution in [0, 0.1) is 0 Å². The molecule has 0 bridgehead atoms. The Bertz CT molecular complexity index is 200. The van der Waals surface area contributed by atoms with E-state index in [0.717, 1.165) is 26.1 Å². The Labute approximate surface area is 98.7 Å². The van der Waals surface area contributed by atoms with Crippen molar-refractivity contribution in [3.63, 3.8) is 0 Å². The van der Waals surface area contributed by atoms with Crippen LogP contribution in [0.2, 0.25) is 0 Å². The molecule has 0 unspecified atom stereocenters. The summed E-state index contributed by atoms with van der Waals surface area (Å²) in [4.78, 5) is 11.6. The fourth-order valence-electron chi connectivity index (χ4n) is 1.88. The van der Waals surface area contributed by atoms with Gasteiger partial charge in [-0.3, -0.25) is 10.2 Å². The average molecular weight is 227 g/mol. The molecule has 1 saturated heterocycles. The molecule has 94 valence electrons. The van der Waals surface area contributed by atoms with Crippen LogP contribution in [0.3, 0.4) is 0 Å². The maximum absolute atomic E-state index is 11.6. The zero-order chi connectivity index (χ0) is 11.8. The van der Waals surface area contributed by atoms with E-state index in [4.69, 9.17) is 0 Å². The Morgan fingerprint density at radius 3 is 2.56 bits per heavy atom. The van der Waals surface area contributed by atoms with Gasteiger partial charge in [-0.15, -0.1) is 0 Å². The van der Waals surface area contributed by atoms with E-state index in [1.165, 1.54) is 19.3 Å². The molecular formula is C12H25N3O. The van der Waals surface area contributed by atoms with Crippen molar-refractivity contribution in [2.45, 2.75) is 52.0 Å². The average Bonchev–Trinajstić information content (AvgIpc) is 2.25. The number of hydrogen-bond acceptors (Lipinski definition) is 3. The molecule has 0 aliphatic carbocycles. The number of hydrogen-bond donors (Lipinski definition) is 2. The van der Waals surface area contributed by atoms with Gasteiger partial charge in [0.25, 0.3) is 0 Å². The molecule has 0 radical (unpaired) electrons. The van der Waals surface area contributed by atoms with Gasteiger partial charge in [0.05, 0.1) is 0 Å². The number of hydrazine groups is 1. The minimum absolute atomic E-state index is 0.160. The highest BCUT2D eigenvalue weighted by Crippen LogP contribution is 2.05. The molecule has 1 amide bonds. The predicted octanol–water partition coefficient (Wildman–Crippen LogP) is 1.28. The summed E-state index contributed by atoms with van der Waals surface area (Å²) < 4.78 is 0. The van der Waals surface area contributed by atoms with Gasteiger partial charge in [-0.1, -0.05) is 20.3 Å². The lowest BCUT2D eigenvalue weighted by atomic mass is 10.2. The Hall–Kier alpha value is -0.610. The molecule has 4 nitrogen and oxygen atoms in total. The lowest BCUT2D eigenvalue weighted by molar-refractivity contribution is -0.126. The summed E-state index contributed by atoms with van der Waals surface area (Å²) in [7, 11) is 0. The summed E-state index contributed by atoms with van der Waals surface area (Å²) in [6.45, 7) is 7.18. The van der Waals surface area contributed by atoms with E-state index >= 15 is 0 Å². The zero-order valence-corrected chi connectivity index (χ0v) is 10.6. The first-order valence-electron chi connectivity index (χ1n) is 6.46.